The molecule has 0 amide bonds. The molecule has 1 aromatic carbocycles. The lowest BCUT2D eigenvalue weighted by Gasteiger charge is -2.32. The third kappa shape index (κ3) is 3.25. The van der Waals surface area contributed by atoms with Crippen LogP contribution in [0, 0.1) is 0 Å². The van der Waals surface area contributed by atoms with E-state index in [4.69, 9.17) is 14.0 Å². The highest BCUT2D eigenvalue weighted by molar-refractivity contribution is 6.63. The van der Waals surface area contributed by atoms with Crippen molar-refractivity contribution in [2.45, 2.75) is 45.3 Å². The van der Waals surface area contributed by atoms with Crippen LogP contribution in [-0.2, 0) is 15.7 Å². The van der Waals surface area contributed by atoms with Gasteiger partial charge in [-0.05, 0) is 59.3 Å². The van der Waals surface area contributed by atoms with Crippen LogP contribution in [0.1, 0.15) is 33.3 Å². The normalized spacial score (nSPS) is 19.8. The summed E-state index contributed by atoms with van der Waals surface area (Å²) in [6.07, 6.45) is 0.965. The van der Waals surface area contributed by atoms with Gasteiger partial charge in [0.1, 0.15) is 5.75 Å². The molecule has 1 aliphatic heterocycles. The van der Waals surface area contributed by atoms with Crippen molar-refractivity contribution < 1.29 is 14.0 Å². The van der Waals surface area contributed by atoms with E-state index in [1.807, 2.05) is 13.1 Å². The number of rotatable bonds is 5. The van der Waals surface area contributed by atoms with Crippen LogP contribution in [0.2, 0.25) is 0 Å². The van der Waals surface area contributed by atoms with E-state index in [9.17, 15) is 0 Å². The Hall–Kier alpha value is -1.04. The van der Waals surface area contributed by atoms with Gasteiger partial charge >= 0.3 is 7.12 Å². The Morgan fingerprint density at radius 3 is 2.29 bits per heavy atom. The van der Waals surface area contributed by atoms with Gasteiger partial charge in [-0.3, -0.25) is 0 Å². The Balaban J connectivity index is 2.30. The number of hydrogen-bond donors (Lipinski definition) is 1. The van der Waals surface area contributed by atoms with Crippen LogP contribution in [0.25, 0.3) is 0 Å². The second kappa shape index (κ2) is 5.99. The second-order valence-corrected chi connectivity index (χ2v) is 6.52. The highest BCUT2D eigenvalue weighted by Crippen LogP contribution is 2.37. The van der Waals surface area contributed by atoms with E-state index in [1.54, 1.807) is 7.11 Å². The van der Waals surface area contributed by atoms with Gasteiger partial charge < -0.3 is 19.4 Å². The maximum atomic E-state index is 6.13. The van der Waals surface area contributed by atoms with E-state index in [0.717, 1.165) is 24.2 Å². The van der Waals surface area contributed by atoms with Crippen LogP contribution in [-0.4, -0.2) is 39.0 Å². The van der Waals surface area contributed by atoms with E-state index in [-0.39, 0.29) is 18.3 Å². The van der Waals surface area contributed by atoms with Crippen molar-refractivity contribution in [1.29, 1.82) is 0 Å². The third-order valence-corrected chi connectivity index (χ3v) is 4.46. The summed E-state index contributed by atoms with van der Waals surface area (Å²) in [4.78, 5) is 0. The van der Waals surface area contributed by atoms with Gasteiger partial charge in [0.05, 0.1) is 18.3 Å². The molecule has 0 atom stereocenters. The van der Waals surface area contributed by atoms with Gasteiger partial charge in [0.15, 0.2) is 0 Å². The smallest absolute Gasteiger partial charge is 0.497 e. The second-order valence-electron chi connectivity index (χ2n) is 6.52. The van der Waals surface area contributed by atoms with Crippen molar-refractivity contribution in [2.24, 2.45) is 0 Å². The Morgan fingerprint density at radius 1 is 1.14 bits per heavy atom. The first-order chi connectivity index (χ1) is 9.80. The largest absolute Gasteiger partial charge is 0.498 e. The first kappa shape index (κ1) is 16.3. The number of benzene rings is 1. The lowest BCUT2D eigenvalue weighted by Crippen LogP contribution is -2.41. The molecule has 1 aliphatic rings. The van der Waals surface area contributed by atoms with Gasteiger partial charge in [-0.25, -0.2) is 0 Å². The molecule has 5 heteroatoms. The predicted molar refractivity (Wildman–Crippen MR) is 86.3 cm³/mol. The summed E-state index contributed by atoms with van der Waals surface area (Å²) < 4.78 is 17.7. The quantitative estimate of drug-likeness (QED) is 0.839. The molecule has 2 rings (SSSR count). The zero-order chi connectivity index (χ0) is 15.7. The minimum absolute atomic E-state index is 0.344. The average molecular weight is 291 g/mol. The van der Waals surface area contributed by atoms with Crippen LogP contribution in [0.4, 0.5) is 0 Å². The van der Waals surface area contributed by atoms with Gasteiger partial charge in [-0.15, -0.1) is 0 Å². The fourth-order valence-electron chi connectivity index (χ4n) is 2.36. The molecule has 1 fully saturated rings. The molecular weight excluding hydrogens is 265 g/mol. The van der Waals surface area contributed by atoms with Gasteiger partial charge in [0.2, 0.25) is 0 Å². The number of hydrogen-bond acceptors (Lipinski definition) is 4. The standard InChI is InChI=1S/C16H26BNO3/c1-15(2)16(3,4)21-17(20-15)13-11-12(9-10-18-5)7-8-14(13)19-6/h7-8,11,18H,9-10H2,1-6H3. The highest BCUT2D eigenvalue weighted by atomic mass is 16.7. The number of methoxy groups -OCH3 is 1. The van der Waals surface area contributed by atoms with Gasteiger partial charge in [-0.2, -0.15) is 0 Å². The van der Waals surface area contributed by atoms with Crippen LogP contribution >= 0.6 is 0 Å². The molecule has 0 radical (unpaired) electrons. The van der Waals surface area contributed by atoms with Crippen molar-refractivity contribution >= 4 is 12.6 Å². The van der Waals surface area contributed by atoms with Crippen molar-refractivity contribution in [3.63, 3.8) is 0 Å². The van der Waals surface area contributed by atoms with E-state index in [2.05, 4.69) is 45.1 Å². The summed E-state index contributed by atoms with van der Waals surface area (Å²) in [6.45, 7) is 9.18. The molecule has 21 heavy (non-hydrogen) atoms. The summed E-state index contributed by atoms with van der Waals surface area (Å²) in [7, 11) is 3.25. The molecule has 1 aromatic rings. The lowest BCUT2D eigenvalue weighted by atomic mass is 9.77. The summed E-state index contributed by atoms with van der Waals surface area (Å²) in [5.74, 6) is 0.807. The lowest BCUT2D eigenvalue weighted by molar-refractivity contribution is 0.00578. The Morgan fingerprint density at radius 2 is 1.76 bits per heavy atom. The van der Waals surface area contributed by atoms with E-state index in [1.165, 1.54) is 5.56 Å². The molecule has 0 aromatic heterocycles. The molecular formula is C16H26BNO3. The number of nitrogens with one attached hydrogen (secondary N) is 1. The fourth-order valence-corrected chi connectivity index (χ4v) is 2.36. The van der Waals surface area contributed by atoms with Crippen molar-refractivity contribution in [1.82, 2.24) is 5.32 Å². The molecule has 0 saturated carbocycles. The van der Waals surface area contributed by atoms with Crippen molar-refractivity contribution in [2.75, 3.05) is 20.7 Å². The van der Waals surface area contributed by atoms with Crippen LogP contribution in [0.5, 0.6) is 5.75 Å². The zero-order valence-electron chi connectivity index (χ0n) is 13.9. The highest BCUT2D eigenvalue weighted by Gasteiger charge is 2.52. The minimum Gasteiger partial charge on any atom is -0.497 e. The number of likely N-dealkylation sites (N-methyl/N-ethyl adjacent to an activating group) is 1. The van der Waals surface area contributed by atoms with E-state index in [0.29, 0.717) is 0 Å². The van der Waals surface area contributed by atoms with Crippen molar-refractivity contribution in [3.05, 3.63) is 23.8 Å². The van der Waals surface area contributed by atoms with Crippen LogP contribution in [0.3, 0.4) is 0 Å². The first-order valence-corrected chi connectivity index (χ1v) is 7.48. The maximum Gasteiger partial charge on any atom is 0.498 e. The Kier molecular flexibility index (Phi) is 4.66. The van der Waals surface area contributed by atoms with Gasteiger partial charge in [0, 0.05) is 5.46 Å². The molecule has 0 unspecified atom stereocenters. The average Bonchev–Trinajstić information content (AvgIpc) is 2.65. The molecule has 4 nitrogen and oxygen atoms in total. The topological polar surface area (TPSA) is 39.7 Å². The summed E-state index contributed by atoms with van der Waals surface area (Å²) in [5.41, 5.74) is 1.52. The van der Waals surface area contributed by atoms with Crippen LogP contribution < -0.4 is 15.5 Å². The summed E-state index contributed by atoms with van der Waals surface area (Å²) in [5, 5.41) is 3.17. The monoisotopic (exact) mass is 291 g/mol. The minimum atomic E-state index is -0.389. The molecule has 1 heterocycles. The summed E-state index contributed by atoms with van der Waals surface area (Å²) >= 11 is 0. The fraction of sp³-hybridized carbons (Fsp3) is 0.625. The third-order valence-electron chi connectivity index (χ3n) is 4.46. The zero-order valence-corrected chi connectivity index (χ0v) is 13.9. The van der Waals surface area contributed by atoms with Gasteiger partial charge in [0.25, 0.3) is 0 Å². The summed E-state index contributed by atoms with van der Waals surface area (Å²) in [6, 6.07) is 6.20. The van der Waals surface area contributed by atoms with E-state index >= 15 is 0 Å². The number of ether oxygens (including phenoxy) is 1. The molecule has 0 spiro atoms. The Labute approximate surface area is 128 Å². The predicted octanol–water partition coefficient (Wildman–Crippen LogP) is 1.76. The van der Waals surface area contributed by atoms with Gasteiger partial charge in [-0.1, -0.05) is 12.1 Å². The van der Waals surface area contributed by atoms with E-state index < -0.39 is 0 Å². The molecule has 1 N–H and O–H groups in total. The van der Waals surface area contributed by atoms with Crippen LogP contribution in [0.15, 0.2) is 18.2 Å². The first-order valence-electron chi connectivity index (χ1n) is 7.48. The maximum absolute atomic E-state index is 6.13. The molecule has 0 aliphatic carbocycles. The molecule has 0 bridgehead atoms. The Bertz CT molecular complexity index is 486. The van der Waals surface area contributed by atoms with Crippen molar-refractivity contribution in [3.8, 4) is 5.75 Å². The SMILES string of the molecule is CNCCc1ccc(OC)c(B2OC(C)(C)C(C)(C)O2)c1. The molecule has 116 valence electrons. The molecule has 1 saturated heterocycles.